The lowest BCUT2D eigenvalue weighted by Gasteiger charge is -1.97. The minimum absolute atomic E-state index is 0. The lowest BCUT2D eigenvalue weighted by atomic mass is 10.2. The smallest absolute Gasteiger partial charge is 0.210 e. The van der Waals surface area contributed by atoms with E-state index >= 15 is 0 Å². The van der Waals surface area contributed by atoms with Gasteiger partial charge in [-0.1, -0.05) is 18.2 Å². The SMILES string of the molecule is Cl.NCc1ccc(-[n+]2ccccc2)cc1.[Cl-]. The van der Waals surface area contributed by atoms with E-state index in [1.54, 1.807) is 0 Å². The summed E-state index contributed by atoms with van der Waals surface area (Å²) in [6.45, 7) is 0.597. The van der Waals surface area contributed by atoms with Crippen molar-refractivity contribution in [2.24, 2.45) is 5.73 Å². The number of nitrogens with zero attached hydrogens (tertiary/aromatic N) is 1. The van der Waals surface area contributed by atoms with E-state index in [9.17, 15) is 0 Å². The molecular formula is C12H14Cl2N2. The van der Waals surface area contributed by atoms with Gasteiger partial charge in [-0.15, -0.1) is 12.4 Å². The third-order valence-corrected chi connectivity index (χ3v) is 2.19. The summed E-state index contributed by atoms with van der Waals surface area (Å²) >= 11 is 0. The summed E-state index contributed by atoms with van der Waals surface area (Å²) in [6.07, 6.45) is 4.05. The van der Waals surface area contributed by atoms with Crippen LogP contribution in [-0.4, -0.2) is 0 Å². The van der Waals surface area contributed by atoms with Crippen molar-refractivity contribution in [2.75, 3.05) is 0 Å². The summed E-state index contributed by atoms with van der Waals surface area (Å²) < 4.78 is 2.07. The van der Waals surface area contributed by atoms with E-state index in [0.29, 0.717) is 6.54 Å². The fraction of sp³-hybridized carbons (Fsp3) is 0.0833. The summed E-state index contributed by atoms with van der Waals surface area (Å²) in [5, 5.41) is 0. The molecule has 2 aromatic rings. The minimum atomic E-state index is 0. The Bertz CT molecular complexity index is 401. The van der Waals surface area contributed by atoms with Crippen molar-refractivity contribution in [3.8, 4) is 5.69 Å². The molecule has 86 valence electrons. The van der Waals surface area contributed by atoms with Gasteiger partial charge in [0, 0.05) is 30.8 Å². The largest absolute Gasteiger partial charge is 1.00 e. The second-order valence-corrected chi connectivity index (χ2v) is 3.15. The van der Waals surface area contributed by atoms with Crippen molar-refractivity contribution >= 4 is 12.4 Å². The number of halogens is 2. The Morgan fingerprint density at radius 2 is 1.50 bits per heavy atom. The van der Waals surface area contributed by atoms with Crippen molar-refractivity contribution in [1.29, 1.82) is 0 Å². The van der Waals surface area contributed by atoms with Crippen molar-refractivity contribution in [2.45, 2.75) is 6.54 Å². The fourth-order valence-corrected chi connectivity index (χ4v) is 1.37. The van der Waals surface area contributed by atoms with Crippen LogP contribution in [0.3, 0.4) is 0 Å². The maximum absolute atomic E-state index is 5.53. The normalized spacial score (nSPS) is 8.81. The molecule has 0 atom stereocenters. The number of aromatic nitrogens is 1. The molecule has 0 radical (unpaired) electrons. The van der Waals surface area contributed by atoms with Crippen molar-refractivity contribution in [3.05, 3.63) is 60.4 Å². The highest BCUT2D eigenvalue weighted by molar-refractivity contribution is 5.85. The first-order chi connectivity index (χ1) is 6.90. The Kier molecular flexibility index (Phi) is 6.74. The van der Waals surface area contributed by atoms with Crippen LogP contribution >= 0.6 is 12.4 Å². The predicted octanol–water partition coefficient (Wildman–Crippen LogP) is -1.15. The summed E-state index contributed by atoms with van der Waals surface area (Å²) in [5.74, 6) is 0. The van der Waals surface area contributed by atoms with E-state index < -0.39 is 0 Å². The predicted molar refractivity (Wildman–Crippen MR) is 63.1 cm³/mol. The molecule has 16 heavy (non-hydrogen) atoms. The molecule has 0 spiro atoms. The van der Waals surface area contributed by atoms with Gasteiger partial charge in [-0.2, -0.15) is 4.57 Å². The first-order valence-electron chi connectivity index (χ1n) is 4.66. The molecule has 0 amide bonds. The van der Waals surface area contributed by atoms with Crippen LogP contribution in [0, 0.1) is 0 Å². The molecule has 2 rings (SSSR count). The number of hydrogen-bond acceptors (Lipinski definition) is 1. The maximum atomic E-state index is 5.53. The minimum Gasteiger partial charge on any atom is -1.00 e. The van der Waals surface area contributed by atoms with Gasteiger partial charge < -0.3 is 18.1 Å². The Labute approximate surface area is 108 Å². The summed E-state index contributed by atoms with van der Waals surface area (Å²) in [7, 11) is 0. The third-order valence-electron chi connectivity index (χ3n) is 2.19. The molecule has 0 fully saturated rings. The molecule has 0 saturated heterocycles. The molecule has 0 aliphatic rings. The number of rotatable bonds is 2. The van der Waals surface area contributed by atoms with Gasteiger partial charge in [-0.05, 0) is 5.56 Å². The van der Waals surface area contributed by atoms with E-state index in [4.69, 9.17) is 5.73 Å². The molecule has 2 N–H and O–H groups in total. The third kappa shape index (κ3) is 3.49. The number of benzene rings is 1. The van der Waals surface area contributed by atoms with Crippen molar-refractivity contribution in [3.63, 3.8) is 0 Å². The zero-order chi connectivity index (χ0) is 9.80. The first-order valence-corrected chi connectivity index (χ1v) is 4.66. The molecule has 1 aromatic heterocycles. The van der Waals surface area contributed by atoms with E-state index in [-0.39, 0.29) is 24.8 Å². The van der Waals surface area contributed by atoms with Crippen LogP contribution in [0.25, 0.3) is 5.69 Å². The zero-order valence-electron chi connectivity index (χ0n) is 8.71. The molecular weight excluding hydrogens is 243 g/mol. The second-order valence-electron chi connectivity index (χ2n) is 3.15. The van der Waals surface area contributed by atoms with Crippen LogP contribution in [0.15, 0.2) is 54.9 Å². The highest BCUT2D eigenvalue weighted by Gasteiger charge is 2.02. The van der Waals surface area contributed by atoms with Gasteiger partial charge in [0.05, 0.1) is 0 Å². The Hall–Kier alpha value is -1.09. The fourth-order valence-electron chi connectivity index (χ4n) is 1.37. The highest BCUT2D eigenvalue weighted by Crippen LogP contribution is 2.02. The standard InChI is InChI=1S/C12H13N2.2ClH/c13-10-11-4-6-12(7-5-11)14-8-2-1-3-9-14;;/h1-9H,10,13H2;2*1H/q+1;;/p-1. The van der Waals surface area contributed by atoms with E-state index in [1.807, 2.05) is 30.6 Å². The number of pyridine rings is 1. The monoisotopic (exact) mass is 256 g/mol. The Morgan fingerprint density at radius 3 is 2.00 bits per heavy atom. The quantitative estimate of drug-likeness (QED) is 0.676. The van der Waals surface area contributed by atoms with Gasteiger partial charge in [-0.3, -0.25) is 0 Å². The molecule has 0 bridgehead atoms. The summed E-state index contributed by atoms with van der Waals surface area (Å²) in [4.78, 5) is 0. The van der Waals surface area contributed by atoms with E-state index in [1.165, 1.54) is 0 Å². The Balaban J connectivity index is 0.00000112. The van der Waals surface area contributed by atoms with Crippen LogP contribution in [0.2, 0.25) is 0 Å². The van der Waals surface area contributed by atoms with Gasteiger partial charge in [0.25, 0.3) is 0 Å². The molecule has 1 heterocycles. The Morgan fingerprint density at radius 1 is 0.938 bits per heavy atom. The number of nitrogens with two attached hydrogens (primary N) is 1. The maximum Gasteiger partial charge on any atom is 0.210 e. The van der Waals surface area contributed by atoms with Gasteiger partial charge in [-0.25, -0.2) is 0 Å². The molecule has 0 saturated carbocycles. The summed E-state index contributed by atoms with van der Waals surface area (Å²) in [6, 6.07) is 14.3. The van der Waals surface area contributed by atoms with Crippen molar-refractivity contribution in [1.82, 2.24) is 0 Å². The molecule has 2 nitrogen and oxygen atoms in total. The zero-order valence-corrected chi connectivity index (χ0v) is 10.3. The van der Waals surface area contributed by atoms with Gasteiger partial charge in [0.15, 0.2) is 12.4 Å². The molecule has 4 heteroatoms. The van der Waals surface area contributed by atoms with Gasteiger partial charge in [0.1, 0.15) is 0 Å². The van der Waals surface area contributed by atoms with Gasteiger partial charge in [0.2, 0.25) is 5.69 Å². The average molecular weight is 257 g/mol. The van der Waals surface area contributed by atoms with Gasteiger partial charge >= 0.3 is 0 Å². The number of hydrogen-bond donors (Lipinski definition) is 1. The molecule has 0 aliphatic carbocycles. The van der Waals surface area contributed by atoms with E-state index in [0.717, 1.165) is 11.3 Å². The molecule has 0 unspecified atom stereocenters. The highest BCUT2D eigenvalue weighted by atomic mass is 35.5. The van der Waals surface area contributed by atoms with Crippen LogP contribution in [-0.2, 0) is 6.54 Å². The lowest BCUT2D eigenvalue weighted by molar-refractivity contribution is -0.595. The van der Waals surface area contributed by atoms with Crippen LogP contribution in [0.4, 0.5) is 0 Å². The first kappa shape index (κ1) is 14.9. The summed E-state index contributed by atoms with van der Waals surface area (Å²) in [5.41, 5.74) is 7.84. The van der Waals surface area contributed by atoms with Crippen molar-refractivity contribution < 1.29 is 17.0 Å². The van der Waals surface area contributed by atoms with Crippen LogP contribution in [0.1, 0.15) is 5.56 Å². The van der Waals surface area contributed by atoms with Crippen LogP contribution < -0.4 is 22.7 Å². The topological polar surface area (TPSA) is 29.9 Å². The van der Waals surface area contributed by atoms with Crippen LogP contribution in [0.5, 0.6) is 0 Å². The van der Waals surface area contributed by atoms with E-state index in [2.05, 4.69) is 28.8 Å². The molecule has 0 aliphatic heterocycles. The molecule has 1 aromatic carbocycles. The lowest BCUT2D eigenvalue weighted by Crippen LogP contribution is -3.00. The average Bonchev–Trinajstić information content (AvgIpc) is 2.30. The second kappa shape index (κ2) is 7.23.